The van der Waals surface area contributed by atoms with Crippen LogP contribution in [0.5, 0.6) is 0 Å². The highest BCUT2D eigenvalue weighted by atomic mass is 32.1. The topological polar surface area (TPSA) is 28.2 Å². The zero-order valence-corrected chi connectivity index (χ0v) is 13.1. The first-order valence-electron chi connectivity index (χ1n) is 7.08. The maximum atomic E-state index is 4.44. The van der Waals surface area contributed by atoms with Crippen molar-refractivity contribution in [3.8, 4) is 0 Å². The summed E-state index contributed by atoms with van der Waals surface area (Å²) in [5.41, 5.74) is 2.53. The van der Waals surface area contributed by atoms with Crippen molar-refractivity contribution < 1.29 is 0 Å². The SMILES string of the molecule is Cc1nc(CNCCCN(C)Cc2ccccc2)cs1. The zero-order chi connectivity index (χ0) is 14.2. The first kappa shape index (κ1) is 15.2. The van der Waals surface area contributed by atoms with Crippen LogP contribution in [0.15, 0.2) is 35.7 Å². The normalized spacial score (nSPS) is 11.2. The predicted molar refractivity (Wildman–Crippen MR) is 86.0 cm³/mol. The minimum absolute atomic E-state index is 0.882. The lowest BCUT2D eigenvalue weighted by atomic mass is 10.2. The molecule has 0 saturated heterocycles. The summed E-state index contributed by atoms with van der Waals surface area (Å²) in [7, 11) is 2.18. The lowest BCUT2D eigenvalue weighted by Gasteiger charge is -2.16. The molecule has 4 heteroatoms. The molecule has 0 fully saturated rings. The number of nitrogens with zero attached hydrogens (tertiary/aromatic N) is 2. The van der Waals surface area contributed by atoms with E-state index in [0.717, 1.165) is 43.3 Å². The zero-order valence-electron chi connectivity index (χ0n) is 12.3. The number of benzene rings is 1. The first-order valence-corrected chi connectivity index (χ1v) is 7.96. The molecule has 0 atom stereocenters. The van der Waals surface area contributed by atoms with Gasteiger partial charge in [0.25, 0.3) is 0 Å². The van der Waals surface area contributed by atoms with Crippen LogP contribution < -0.4 is 5.32 Å². The summed E-state index contributed by atoms with van der Waals surface area (Å²) in [5.74, 6) is 0. The first-order chi connectivity index (χ1) is 9.74. The Morgan fingerprint density at radius 3 is 2.75 bits per heavy atom. The van der Waals surface area contributed by atoms with E-state index < -0.39 is 0 Å². The van der Waals surface area contributed by atoms with E-state index in [0.29, 0.717) is 0 Å². The molecule has 0 saturated carbocycles. The second-order valence-electron chi connectivity index (χ2n) is 5.11. The van der Waals surface area contributed by atoms with Crippen LogP contribution in [-0.4, -0.2) is 30.0 Å². The van der Waals surface area contributed by atoms with Gasteiger partial charge < -0.3 is 10.2 Å². The molecule has 1 heterocycles. The van der Waals surface area contributed by atoms with Gasteiger partial charge in [0, 0.05) is 18.5 Å². The van der Waals surface area contributed by atoms with Crippen molar-refractivity contribution in [2.75, 3.05) is 20.1 Å². The predicted octanol–water partition coefficient (Wildman–Crippen LogP) is 3.06. The average molecular weight is 289 g/mol. The molecule has 0 aliphatic rings. The Hall–Kier alpha value is -1.23. The van der Waals surface area contributed by atoms with Gasteiger partial charge in [-0.1, -0.05) is 30.3 Å². The van der Waals surface area contributed by atoms with Gasteiger partial charge >= 0.3 is 0 Å². The van der Waals surface area contributed by atoms with E-state index in [1.54, 1.807) is 11.3 Å². The number of nitrogens with one attached hydrogen (secondary N) is 1. The molecule has 2 rings (SSSR count). The molecule has 108 valence electrons. The molecule has 0 aliphatic heterocycles. The van der Waals surface area contributed by atoms with E-state index in [-0.39, 0.29) is 0 Å². The highest BCUT2D eigenvalue weighted by Gasteiger charge is 2.00. The van der Waals surface area contributed by atoms with E-state index in [4.69, 9.17) is 0 Å². The second kappa shape index (κ2) is 8.15. The average Bonchev–Trinajstić information content (AvgIpc) is 2.85. The van der Waals surface area contributed by atoms with Crippen LogP contribution in [0.4, 0.5) is 0 Å². The number of aromatic nitrogens is 1. The largest absolute Gasteiger partial charge is 0.311 e. The van der Waals surface area contributed by atoms with Gasteiger partial charge in [-0.3, -0.25) is 0 Å². The summed E-state index contributed by atoms with van der Waals surface area (Å²) in [5, 5.41) is 6.72. The number of aryl methyl sites for hydroxylation is 1. The van der Waals surface area contributed by atoms with Gasteiger partial charge in [-0.25, -0.2) is 4.98 Å². The van der Waals surface area contributed by atoms with Crippen LogP contribution in [0.25, 0.3) is 0 Å². The van der Waals surface area contributed by atoms with E-state index in [1.807, 2.05) is 6.92 Å². The fraction of sp³-hybridized carbons (Fsp3) is 0.438. The van der Waals surface area contributed by atoms with Crippen molar-refractivity contribution in [3.05, 3.63) is 52.0 Å². The summed E-state index contributed by atoms with van der Waals surface area (Å²) in [6.07, 6.45) is 1.16. The van der Waals surface area contributed by atoms with Gasteiger partial charge in [-0.05, 0) is 39.0 Å². The van der Waals surface area contributed by atoms with Crippen LogP contribution in [0.2, 0.25) is 0 Å². The molecule has 1 aromatic carbocycles. The molecule has 0 bridgehead atoms. The van der Waals surface area contributed by atoms with Gasteiger partial charge in [-0.15, -0.1) is 11.3 Å². The molecule has 0 amide bonds. The Morgan fingerprint density at radius 2 is 2.05 bits per heavy atom. The Bertz CT molecular complexity index is 495. The third-order valence-electron chi connectivity index (χ3n) is 3.16. The molecule has 2 aromatic rings. The number of thiazole rings is 1. The molecular formula is C16H23N3S. The maximum Gasteiger partial charge on any atom is 0.0897 e. The Morgan fingerprint density at radius 1 is 1.25 bits per heavy atom. The van der Waals surface area contributed by atoms with Crippen molar-refractivity contribution in [3.63, 3.8) is 0 Å². The molecule has 3 nitrogen and oxygen atoms in total. The van der Waals surface area contributed by atoms with Crippen molar-refractivity contribution in [2.24, 2.45) is 0 Å². The Labute approximate surface area is 125 Å². The van der Waals surface area contributed by atoms with E-state index in [1.165, 1.54) is 5.56 Å². The fourth-order valence-corrected chi connectivity index (χ4v) is 2.77. The van der Waals surface area contributed by atoms with Crippen molar-refractivity contribution in [1.82, 2.24) is 15.2 Å². The third-order valence-corrected chi connectivity index (χ3v) is 3.98. The standard InChI is InChI=1S/C16H23N3S/c1-14-18-16(13-20-14)11-17-9-6-10-19(2)12-15-7-4-3-5-8-15/h3-5,7-8,13,17H,6,9-12H2,1-2H3. The summed E-state index contributed by atoms with van der Waals surface area (Å²) in [6, 6.07) is 10.6. The number of rotatable bonds is 8. The summed E-state index contributed by atoms with van der Waals surface area (Å²) >= 11 is 1.71. The smallest absolute Gasteiger partial charge is 0.0897 e. The van der Waals surface area contributed by atoms with Crippen LogP contribution in [0.1, 0.15) is 22.7 Å². The van der Waals surface area contributed by atoms with Gasteiger partial charge in [0.05, 0.1) is 10.7 Å². The molecule has 1 aromatic heterocycles. The summed E-state index contributed by atoms with van der Waals surface area (Å²) < 4.78 is 0. The Kier molecular flexibility index (Phi) is 6.18. The van der Waals surface area contributed by atoms with E-state index in [9.17, 15) is 0 Å². The minimum Gasteiger partial charge on any atom is -0.311 e. The molecule has 0 unspecified atom stereocenters. The molecule has 0 spiro atoms. The van der Waals surface area contributed by atoms with Crippen LogP contribution in [0, 0.1) is 6.92 Å². The van der Waals surface area contributed by atoms with Gasteiger partial charge in [0.15, 0.2) is 0 Å². The lowest BCUT2D eigenvalue weighted by Crippen LogP contribution is -2.23. The lowest BCUT2D eigenvalue weighted by molar-refractivity contribution is 0.319. The minimum atomic E-state index is 0.882. The van der Waals surface area contributed by atoms with Gasteiger partial charge in [0.1, 0.15) is 0 Å². The Balaban J connectivity index is 1.56. The van der Waals surface area contributed by atoms with Gasteiger partial charge in [0.2, 0.25) is 0 Å². The van der Waals surface area contributed by atoms with Crippen LogP contribution in [0.3, 0.4) is 0 Å². The molecule has 0 radical (unpaired) electrons. The summed E-state index contributed by atoms with van der Waals surface area (Å²) in [6.45, 7) is 6.10. The summed E-state index contributed by atoms with van der Waals surface area (Å²) in [4.78, 5) is 6.81. The third kappa shape index (κ3) is 5.41. The van der Waals surface area contributed by atoms with E-state index in [2.05, 4.69) is 58.0 Å². The monoisotopic (exact) mass is 289 g/mol. The number of hydrogen-bond donors (Lipinski definition) is 1. The van der Waals surface area contributed by atoms with Crippen LogP contribution in [-0.2, 0) is 13.1 Å². The van der Waals surface area contributed by atoms with Gasteiger partial charge in [-0.2, -0.15) is 0 Å². The molecule has 20 heavy (non-hydrogen) atoms. The molecule has 0 aliphatic carbocycles. The highest BCUT2D eigenvalue weighted by Crippen LogP contribution is 2.07. The second-order valence-corrected chi connectivity index (χ2v) is 6.17. The quantitative estimate of drug-likeness (QED) is 0.757. The molecular weight excluding hydrogens is 266 g/mol. The van der Waals surface area contributed by atoms with Crippen LogP contribution >= 0.6 is 11.3 Å². The van der Waals surface area contributed by atoms with Crippen molar-refractivity contribution in [1.29, 1.82) is 0 Å². The van der Waals surface area contributed by atoms with Crippen molar-refractivity contribution in [2.45, 2.75) is 26.4 Å². The molecule has 1 N–H and O–H groups in total. The number of hydrogen-bond acceptors (Lipinski definition) is 4. The van der Waals surface area contributed by atoms with Crippen molar-refractivity contribution >= 4 is 11.3 Å². The maximum absolute atomic E-state index is 4.44. The van der Waals surface area contributed by atoms with E-state index >= 15 is 0 Å². The fourth-order valence-electron chi connectivity index (χ4n) is 2.15. The highest BCUT2D eigenvalue weighted by molar-refractivity contribution is 7.09.